The second-order valence-electron chi connectivity index (χ2n) is 10.9. The molecule has 8 rings (SSSR count). The predicted octanol–water partition coefficient (Wildman–Crippen LogP) is 10.1. The van der Waals surface area contributed by atoms with Crippen molar-refractivity contribution in [1.82, 2.24) is 0 Å². The number of carbonyl (C=O) groups excluding carboxylic acids is 2. The summed E-state index contributed by atoms with van der Waals surface area (Å²) in [6.07, 6.45) is 1.73. The number of allylic oxidation sites excluding steroid dienone is 1. The van der Waals surface area contributed by atoms with E-state index in [1.54, 1.807) is 6.08 Å². The number of hydrogen-bond donors (Lipinski definition) is 0. The van der Waals surface area contributed by atoms with Crippen LogP contribution in [-0.4, -0.2) is 11.6 Å². The van der Waals surface area contributed by atoms with Gasteiger partial charge in [-0.25, -0.2) is 0 Å². The van der Waals surface area contributed by atoms with Gasteiger partial charge in [-0.15, -0.1) is 0 Å². The number of fused-ring (bicyclic) bond motifs is 4. The van der Waals surface area contributed by atoms with Gasteiger partial charge >= 0.3 is 0 Å². The minimum Gasteiger partial charge on any atom is -0.310 e. The van der Waals surface area contributed by atoms with Gasteiger partial charge in [0.2, 0.25) is 0 Å². The molecule has 1 aliphatic rings. The van der Waals surface area contributed by atoms with E-state index in [2.05, 4.69) is 95.9 Å². The fraction of sp³-hybridized carbons (Fsp3) is 0. The molecule has 0 bridgehead atoms. The van der Waals surface area contributed by atoms with Gasteiger partial charge < -0.3 is 4.90 Å². The van der Waals surface area contributed by atoms with Gasteiger partial charge in [0.25, 0.3) is 0 Å². The fourth-order valence-electron chi connectivity index (χ4n) is 6.20. The molecule has 7 aromatic carbocycles. The third-order valence-electron chi connectivity index (χ3n) is 8.30. The minimum absolute atomic E-state index is 0.213. The third-order valence-corrected chi connectivity index (χ3v) is 8.30. The molecule has 0 atom stereocenters. The fourth-order valence-corrected chi connectivity index (χ4v) is 6.20. The maximum Gasteiger partial charge on any atom is 0.197 e. The maximum absolute atomic E-state index is 13.3. The lowest BCUT2D eigenvalue weighted by molar-refractivity contribution is 0.0990. The molecule has 0 saturated carbocycles. The molecule has 3 nitrogen and oxygen atoms in total. The van der Waals surface area contributed by atoms with Crippen LogP contribution < -0.4 is 4.90 Å². The van der Waals surface area contributed by atoms with Crippen LogP contribution in [0.2, 0.25) is 0 Å². The number of nitrogens with zero attached hydrogens (tertiary/aromatic N) is 1. The number of carbonyl (C=O) groups is 2. The van der Waals surface area contributed by atoms with E-state index in [0.29, 0.717) is 11.1 Å². The summed E-state index contributed by atoms with van der Waals surface area (Å²) in [6.45, 7) is 0. The van der Waals surface area contributed by atoms with Crippen LogP contribution in [-0.2, 0) is 0 Å². The van der Waals surface area contributed by atoms with Crippen molar-refractivity contribution in [2.45, 2.75) is 0 Å². The first kappa shape index (κ1) is 25.0. The third kappa shape index (κ3) is 4.22. The summed E-state index contributed by atoms with van der Waals surface area (Å²) in [7, 11) is 0. The van der Waals surface area contributed by atoms with Crippen molar-refractivity contribution in [1.29, 1.82) is 0 Å². The zero-order chi connectivity index (χ0) is 28.9. The van der Waals surface area contributed by atoms with E-state index < -0.39 is 0 Å². The van der Waals surface area contributed by atoms with Crippen LogP contribution in [0.4, 0.5) is 17.1 Å². The van der Waals surface area contributed by atoms with E-state index in [9.17, 15) is 9.59 Å². The summed E-state index contributed by atoms with van der Waals surface area (Å²) < 4.78 is 0. The Hall–Kier alpha value is -5.80. The molecule has 202 valence electrons. The Kier molecular flexibility index (Phi) is 5.76. The lowest BCUT2D eigenvalue weighted by atomic mass is 10.0. The molecule has 0 aromatic heterocycles. The van der Waals surface area contributed by atoms with E-state index >= 15 is 0 Å². The van der Waals surface area contributed by atoms with Crippen molar-refractivity contribution in [2.24, 2.45) is 0 Å². The lowest BCUT2D eigenvalue weighted by Crippen LogP contribution is -2.10. The van der Waals surface area contributed by atoms with Crippen molar-refractivity contribution in [3.63, 3.8) is 0 Å². The quantitative estimate of drug-likeness (QED) is 0.161. The highest BCUT2D eigenvalue weighted by atomic mass is 16.2. The molecular formula is C40H25NO2. The molecule has 3 heteroatoms. The Balaban J connectivity index is 1.19. The Morgan fingerprint density at radius 2 is 1.02 bits per heavy atom. The van der Waals surface area contributed by atoms with Gasteiger partial charge in [0.15, 0.2) is 11.6 Å². The average Bonchev–Trinajstić information content (AvgIpc) is 3.28. The molecule has 0 radical (unpaired) electrons. The summed E-state index contributed by atoms with van der Waals surface area (Å²) in [5.74, 6) is -0.426. The lowest BCUT2D eigenvalue weighted by Gasteiger charge is -2.27. The number of hydrogen-bond acceptors (Lipinski definition) is 3. The zero-order valence-corrected chi connectivity index (χ0v) is 23.2. The first-order valence-electron chi connectivity index (χ1n) is 14.3. The van der Waals surface area contributed by atoms with Gasteiger partial charge in [0.1, 0.15) is 0 Å². The highest BCUT2D eigenvalue weighted by Crippen LogP contribution is 2.40. The zero-order valence-electron chi connectivity index (χ0n) is 23.2. The Labute approximate surface area is 248 Å². The van der Waals surface area contributed by atoms with Crippen molar-refractivity contribution in [3.8, 4) is 0 Å². The van der Waals surface area contributed by atoms with Gasteiger partial charge in [-0.1, -0.05) is 97.1 Å². The van der Waals surface area contributed by atoms with Crippen LogP contribution in [0.1, 0.15) is 26.3 Å². The number of anilines is 3. The normalized spacial score (nSPS) is 12.7. The summed E-state index contributed by atoms with van der Waals surface area (Å²) in [5, 5.41) is 6.38. The number of Topliss-reactive ketones (excluding diaryl/α,β-unsaturated/α-hetero) is 2. The van der Waals surface area contributed by atoms with Crippen LogP contribution in [0.3, 0.4) is 0 Å². The van der Waals surface area contributed by atoms with Crippen LogP contribution in [0, 0.1) is 0 Å². The van der Waals surface area contributed by atoms with E-state index in [-0.39, 0.29) is 17.1 Å². The molecule has 1 aliphatic carbocycles. The smallest absolute Gasteiger partial charge is 0.197 e. The molecule has 0 heterocycles. The first-order chi connectivity index (χ1) is 21.1. The topological polar surface area (TPSA) is 37.4 Å². The van der Waals surface area contributed by atoms with E-state index in [0.717, 1.165) is 44.2 Å². The van der Waals surface area contributed by atoms with Crippen LogP contribution in [0.5, 0.6) is 0 Å². The Bertz CT molecular complexity index is 2220. The molecular weight excluding hydrogens is 526 g/mol. The molecule has 43 heavy (non-hydrogen) atoms. The number of rotatable bonds is 4. The molecule has 0 aliphatic heterocycles. The monoisotopic (exact) mass is 551 g/mol. The number of ketones is 2. The minimum atomic E-state index is -0.213. The van der Waals surface area contributed by atoms with E-state index in [1.807, 2.05) is 54.6 Å². The van der Waals surface area contributed by atoms with Gasteiger partial charge in [-0.2, -0.15) is 0 Å². The standard InChI is InChI=1S/C40H25NO2/c42-39-35-24-28-10-4-5-11-29(28)25-36(35)40(43)37(39)22-26-17-18-31-23-33(20-19-30(31)21-26)41(32-13-2-1-3-14-32)38-16-8-12-27-9-6-7-15-34(27)38/h1-25H. The number of para-hydroxylation sites is 1. The van der Waals surface area contributed by atoms with Crippen LogP contribution >= 0.6 is 0 Å². The molecule has 0 fully saturated rings. The summed E-state index contributed by atoms with van der Waals surface area (Å²) in [4.78, 5) is 28.9. The largest absolute Gasteiger partial charge is 0.310 e. The van der Waals surface area contributed by atoms with Crippen LogP contribution in [0.15, 0.2) is 151 Å². The summed E-state index contributed by atoms with van der Waals surface area (Å²) in [6, 6.07) is 49.2. The van der Waals surface area contributed by atoms with Gasteiger partial charge in [-0.3, -0.25) is 9.59 Å². The van der Waals surface area contributed by atoms with Gasteiger partial charge in [0, 0.05) is 27.9 Å². The second kappa shape index (κ2) is 9.93. The molecule has 0 saturated heterocycles. The highest BCUT2D eigenvalue weighted by Gasteiger charge is 2.33. The van der Waals surface area contributed by atoms with Gasteiger partial charge in [0.05, 0.1) is 11.3 Å². The predicted molar refractivity (Wildman–Crippen MR) is 177 cm³/mol. The molecule has 0 N–H and O–H groups in total. The SMILES string of the molecule is O=C1C(=Cc2ccc3cc(N(c4ccccc4)c4cccc5ccccc45)ccc3c2)C(=O)c2cc3ccccc3cc21. The highest BCUT2D eigenvalue weighted by molar-refractivity contribution is 6.42. The van der Waals surface area contributed by atoms with Crippen molar-refractivity contribution >= 4 is 67.0 Å². The molecule has 0 amide bonds. The van der Waals surface area contributed by atoms with Crippen LogP contribution in [0.25, 0.3) is 38.4 Å². The number of benzene rings is 7. The van der Waals surface area contributed by atoms with Crippen molar-refractivity contribution in [2.75, 3.05) is 4.90 Å². The summed E-state index contributed by atoms with van der Waals surface area (Å²) >= 11 is 0. The maximum atomic E-state index is 13.3. The first-order valence-corrected chi connectivity index (χ1v) is 14.3. The van der Waals surface area contributed by atoms with Crippen molar-refractivity contribution in [3.05, 3.63) is 168 Å². The van der Waals surface area contributed by atoms with Crippen molar-refractivity contribution < 1.29 is 9.59 Å². The van der Waals surface area contributed by atoms with Gasteiger partial charge in [-0.05, 0) is 87.1 Å². The van der Waals surface area contributed by atoms with E-state index in [1.165, 1.54) is 10.8 Å². The average molecular weight is 552 g/mol. The molecule has 0 spiro atoms. The Morgan fingerprint density at radius 1 is 0.442 bits per heavy atom. The molecule has 0 unspecified atom stereocenters. The summed E-state index contributed by atoms with van der Waals surface area (Å²) in [5.41, 5.74) is 5.23. The second-order valence-corrected chi connectivity index (χ2v) is 10.9. The Morgan fingerprint density at radius 3 is 1.77 bits per heavy atom. The molecule has 7 aromatic rings. The van der Waals surface area contributed by atoms with E-state index in [4.69, 9.17) is 0 Å².